The van der Waals surface area contributed by atoms with Gasteiger partial charge < -0.3 is 4.74 Å². The average Bonchev–Trinajstić information content (AvgIpc) is 2.56. The van der Waals surface area contributed by atoms with Crippen LogP contribution in [0.15, 0.2) is 48.5 Å². The number of aromatic nitrogens is 2. The van der Waals surface area contributed by atoms with Crippen LogP contribution in [0.25, 0.3) is 10.8 Å². The Labute approximate surface area is 134 Å². The third kappa shape index (κ3) is 2.95. The van der Waals surface area contributed by atoms with Crippen LogP contribution in [0.3, 0.4) is 0 Å². The van der Waals surface area contributed by atoms with Gasteiger partial charge in [-0.2, -0.15) is 0 Å². The minimum atomic E-state index is -0.723. The van der Waals surface area contributed by atoms with Gasteiger partial charge in [0.25, 0.3) is 5.69 Å². The third-order valence-corrected chi connectivity index (χ3v) is 3.37. The Hall–Kier alpha value is -3.06. The number of carbonyl (C=O) groups excluding carboxylic acids is 1. The number of nitro groups is 1. The van der Waals surface area contributed by atoms with Crippen LogP contribution in [-0.4, -0.2) is 21.1 Å². The van der Waals surface area contributed by atoms with Gasteiger partial charge in [0.15, 0.2) is 10.8 Å². The second-order valence-electron chi connectivity index (χ2n) is 4.53. The molecule has 114 valence electrons. The van der Waals surface area contributed by atoms with E-state index in [1.54, 1.807) is 24.3 Å². The highest BCUT2D eigenvalue weighted by molar-refractivity contribution is 6.34. The molecule has 2 aromatic carbocycles. The average molecular weight is 330 g/mol. The van der Waals surface area contributed by atoms with E-state index in [1.165, 1.54) is 24.3 Å². The van der Waals surface area contributed by atoms with Crippen LogP contribution in [0.5, 0.6) is 5.75 Å². The molecule has 1 aromatic heterocycles. The number of ether oxygens (including phenoxy) is 1. The first-order chi connectivity index (χ1) is 11.1. The largest absolute Gasteiger partial charge is 0.422 e. The van der Waals surface area contributed by atoms with Crippen LogP contribution in [0.4, 0.5) is 5.69 Å². The van der Waals surface area contributed by atoms with Crippen molar-refractivity contribution in [3.05, 3.63) is 69.5 Å². The maximum atomic E-state index is 12.3. The molecule has 0 unspecified atom stereocenters. The smallest absolute Gasteiger partial charge is 0.364 e. The molecule has 0 atom stereocenters. The maximum absolute atomic E-state index is 12.3. The van der Waals surface area contributed by atoms with Crippen LogP contribution >= 0.6 is 11.6 Å². The van der Waals surface area contributed by atoms with E-state index in [4.69, 9.17) is 16.3 Å². The van der Waals surface area contributed by atoms with Crippen molar-refractivity contribution < 1.29 is 14.5 Å². The van der Waals surface area contributed by atoms with Crippen molar-refractivity contribution in [3.63, 3.8) is 0 Å². The fraction of sp³-hybridized carbons (Fsp3) is 0. The monoisotopic (exact) mass is 329 g/mol. The predicted molar refractivity (Wildman–Crippen MR) is 82.6 cm³/mol. The van der Waals surface area contributed by atoms with Crippen molar-refractivity contribution in [1.82, 2.24) is 10.2 Å². The Kier molecular flexibility index (Phi) is 3.86. The summed E-state index contributed by atoms with van der Waals surface area (Å²) < 4.78 is 5.18. The van der Waals surface area contributed by atoms with Gasteiger partial charge in [-0.05, 0) is 12.1 Å². The van der Waals surface area contributed by atoms with Gasteiger partial charge in [0.1, 0.15) is 5.75 Å². The molecule has 0 amide bonds. The molecular weight excluding hydrogens is 322 g/mol. The molecule has 0 bridgehead atoms. The van der Waals surface area contributed by atoms with Crippen molar-refractivity contribution in [2.45, 2.75) is 0 Å². The van der Waals surface area contributed by atoms with Crippen molar-refractivity contribution in [1.29, 1.82) is 0 Å². The van der Waals surface area contributed by atoms with Crippen molar-refractivity contribution in [2.75, 3.05) is 0 Å². The SMILES string of the molecule is O=C(Oc1ccc([N+](=O)[O-])cc1)c1nnc(Cl)c2ccccc12. The summed E-state index contributed by atoms with van der Waals surface area (Å²) in [5, 5.41) is 19.4. The summed E-state index contributed by atoms with van der Waals surface area (Å²) >= 11 is 5.95. The zero-order chi connectivity index (χ0) is 16.4. The normalized spacial score (nSPS) is 10.5. The number of esters is 1. The number of benzene rings is 2. The van der Waals surface area contributed by atoms with Gasteiger partial charge in [-0.3, -0.25) is 10.1 Å². The minimum Gasteiger partial charge on any atom is -0.422 e. The fourth-order valence-corrected chi connectivity index (χ4v) is 2.22. The summed E-state index contributed by atoms with van der Waals surface area (Å²) in [6, 6.07) is 12.1. The lowest BCUT2D eigenvalue weighted by atomic mass is 10.1. The van der Waals surface area contributed by atoms with E-state index >= 15 is 0 Å². The summed E-state index contributed by atoms with van der Waals surface area (Å²) in [7, 11) is 0. The molecule has 3 rings (SSSR count). The van der Waals surface area contributed by atoms with Crippen LogP contribution in [-0.2, 0) is 0 Å². The molecule has 0 aliphatic rings. The maximum Gasteiger partial charge on any atom is 0.364 e. The second-order valence-corrected chi connectivity index (χ2v) is 4.88. The highest BCUT2D eigenvalue weighted by atomic mass is 35.5. The van der Waals surface area contributed by atoms with Crippen LogP contribution in [0, 0.1) is 10.1 Å². The van der Waals surface area contributed by atoms with E-state index in [-0.39, 0.29) is 22.3 Å². The molecule has 7 nitrogen and oxygen atoms in total. The fourth-order valence-electron chi connectivity index (χ4n) is 2.01. The first-order valence-corrected chi connectivity index (χ1v) is 6.81. The van der Waals surface area contributed by atoms with Gasteiger partial charge in [-0.25, -0.2) is 4.79 Å². The van der Waals surface area contributed by atoms with Gasteiger partial charge in [0, 0.05) is 22.9 Å². The standard InChI is InChI=1S/C15H8ClN3O4/c16-14-12-4-2-1-3-11(12)13(17-18-14)15(20)23-10-7-5-9(6-8-10)19(21)22/h1-8H. The zero-order valence-corrected chi connectivity index (χ0v) is 12.2. The number of non-ortho nitro benzene ring substituents is 1. The molecule has 0 radical (unpaired) electrons. The number of hydrogen-bond acceptors (Lipinski definition) is 6. The van der Waals surface area contributed by atoms with E-state index in [9.17, 15) is 14.9 Å². The minimum absolute atomic E-state index is 0.0170. The summed E-state index contributed by atoms with van der Waals surface area (Å²) in [6.07, 6.45) is 0. The number of carbonyl (C=O) groups is 1. The van der Waals surface area contributed by atoms with Gasteiger partial charge >= 0.3 is 5.97 Å². The Balaban J connectivity index is 1.92. The van der Waals surface area contributed by atoms with Crippen LogP contribution < -0.4 is 4.74 Å². The first-order valence-electron chi connectivity index (χ1n) is 6.44. The molecule has 23 heavy (non-hydrogen) atoms. The molecule has 0 aliphatic heterocycles. The molecule has 3 aromatic rings. The molecule has 0 saturated heterocycles. The topological polar surface area (TPSA) is 95.2 Å². The molecule has 8 heteroatoms. The number of hydrogen-bond donors (Lipinski definition) is 0. The van der Waals surface area contributed by atoms with Crippen LogP contribution in [0.1, 0.15) is 10.5 Å². The highest BCUT2D eigenvalue weighted by Crippen LogP contribution is 2.24. The highest BCUT2D eigenvalue weighted by Gasteiger charge is 2.17. The zero-order valence-electron chi connectivity index (χ0n) is 11.5. The first kappa shape index (κ1) is 14.9. The lowest BCUT2D eigenvalue weighted by molar-refractivity contribution is -0.384. The van der Waals surface area contributed by atoms with Crippen molar-refractivity contribution >= 4 is 34.0 Å². The lowest BCUT2D eigenvalue weighted by Gasteiger charge is -2.06. The van der Waals surface area contributed by atoms with Crippen LogP contribution in [0.2, 0.25) is 5.15 Å². The van der Waals surface area contributed by atoms with E-state index < -0.39 is 10.9 Å². The lowest BCUT2D eigenvalue weighted by Crippen LogP contribution is -2.12. The number of nitrogens with zero attached hydrogens (tertiary/aromatic N) is 3. The molecule has 0 aliphatic carbocycles. The molecule has 0 N–H and O–H groups in total. The van der Waals surface area contributed by atoms with E-state index in [0.717, 1.165) is 0 Å². The summed E-state index contributed by atoms with van der Waals surface area (Å²) in [5.41, 5.74) is -0.0788. The van der Waals surface area contributed by atoms with Gasteiger partial charge in [0.2, 0.25) is 0 Å². The van der Waals surface area contributed by atoms with Gasteiger partial charge in [-0.1, -0.05) is 35.9 Å². The Morgan fingerprint density at radius 2 is 1.70 bits per heavy atom. The Morgan fingerprint density at radius 1 is 1.04 bits per heavy atom. The summed E-state index contributed by atoms with van der Waals surface area (Å²) in [5.74, 6) is -0.555. The number of rotatable bonds is 3. The molecular formula is C15H8ClN3O4. The number of nitro benzene ring substituents is 1. The molecule has 0 saturated carbocycles. The van der Waals surface area contributed by atoms with E-state index in [2.05, 4.69) is 10.2 Å². The summed E-state index contributed by atoms with van der Waals surface area (Å²) in [4.78, 5) is 22.3. The summed E-state index contributed by atoms with van der Waals surface area (Å²) in [6.45, 7) is 0. The second kappa shape index (κ2) is 5.98. The Morgan fingerprint density at radius 3 is 2.35 bits per heavy atom. The quantitative estimate of drug-likeness (QED) is 0.316. The third-order valence-electron chi connectivity index (χ3n) is 3.09. The molecule has 0 spiro atoms. The van der Waals surface area contributed by atoms with Crippen molar-refractivity contribution in [3.8, 4) is 5.75 Å². The van der Waals surface area contributed by atoms with Gasteiger partial charge in [-0.15, -0.1) is 10.2 Å². The predicted octanol–water partition coefficient (Wildman–Crippen LogP) is 3.41. The number of halogens is 1. The van der Waals surface area contributed by atoms with E-state index in [1.807, 2.05) is 0 Å². The number of fused-ring (bicyclic) bond motifs is 1. The van der Waals surface area contributed by atoms with E-state index in [0.29, 0.717) is 10.8 Å². The molecule has 0 fully saturated rings. The molecule has 1 heterocycles. The Bertz CT molecular complexity index is 912. The van der Waals surface area contributed by atoms with Gasteiger partial charge in [0.05, 0.1) is 4.92 Å². The van der Waals surface area contributed by atoms with Crippen molar-refractivity contribution in [2.24, 2.45) is 0 Å².